The number of amides is 1. The zero-order valence-electron chi connectivity index (χ0n) is 13.2. The molecule has 122 valence electrons. The number of carbonyl (C=O) groups is 2. The number of Topliss-reactive ketones (excluding diaryl/α,β-unsaturated/α-hetero) is 1. The van der Waals surface area contributed by atoms with Gasteiger partial charge in [0.15, 0.2) is 5.76 Å². The lowest BCUT2D eigenvalue weighted by atomic mass is 10.2. The normalized spacial score (nSPS) is 10.7. The Bertz CT molecular complexity index is 852. The van der Waals surface area contributed by atoms with Crippen LogP contribution in [0.4, 0.5) is 5.69 Å². The molecule has 1 aromatic heterocycles. The Balaban J connectivity index is 1.50. The second-order valence-electron chi connectivity index (χ2n) is 5.48. The molecule has 0 aliphatic rings. The van der Waals surface area contributed by atoms with Crippen molar-refractivity contribution >= 4 is 40.1 Å². The first-order chi connectivity index (χ1) is 11.6. The predicted molar refractivity (Wildman–Crippen MR) is 97.7 cm³/mol. The van der Waals surface area contributed by atoms with E-state index in [0.717, 1.165) is 16.6 Å². The minimum absolute atomic E-state index is 0.112. The van der Waals surface area contributed by atoms with E-state index in [1.54, 1.807) is 6.07 Å². The van der Waals surface area contributed by atoms with Crippen molar-refractivity contribution in [3.8, 4) is 0 Å². The summed E-state index contributed by atoms with van der Waals surface area (Å²) in [6.45, 7) is 1.97. The van der Waals surface area contributed by atoms with Crippen LogP contribution in [0.1, 0.15) is 16.1 Å². The number of carbonyl (C=O) groups excluding carboxylic acids is 2. The highest BCUT2D eigenvalue weighted by Crippen LogP contribution is 2.20. The van der Waals surface area contributed by atoms with Gasteiger partial charge in [-0.3, -0.25) is 9.59 Å². The van der Waals surface area contributed by atoms with Gasteiger partial charge in [-0.25, -0.2) is 0 Å². The number of benzene rings is 2. The number of thioether (sulfide) groups is 1. The van der Waals surface area contributed by atoms with Gasteiger partial charge in [-0.15, -0.1) is 11.8 Å². The second kappa shape index (κ2) is 7.36. The van der Waals surface area contributed by atoms with Gasteiger partial charge in [-0.2, -0.15) is 0 Å². The van der Waals surface area contributed by atoms with E-state index in [4.69, 9.17) is 4.42 Å². The van der Waals surface area contributed by atoms with Crippen LogP contribution in [0.15, 0.2) is 59.0 Å². The number of hydrogen-bond acceptors (Lipinski definition) is 4. The minimum Gasteiger partial charge on any atom is -0.453 e. The zero-order chi connectivity index (χ0) is 16.9. The fourth-order valence-electron chi connectivity index (χ4n) is 2.35. The summed E-state index contributed by atoms with van der Waals surface area (Å²) in [5.74, 6) is 0.534. The fourth-order valence-corrected chi connectivity index (χ4v) is 3.03. The molecule has 0 saturated carbocycles. The van der Waals surface area contributed by atoms with Crippen LogP contribution in [-0.4, -0.2) is 23.2 Å². The van der Waals surface area contributed by atoms with E-state index >= 15 is 0 Å². The molecule has 0 aliphatic carbocycles. The van der Waals surface area contributed by atoms with Crippen molar-refractivity contribution < 1.29 is 14.0 Å². The maximum atomic E-state index is 12.2. The van der Waals surface area contributed by atoms with Gasteiger partial charge < -0.3 is 9.73 Å². The van der Waals surface area contributed by atoms with Gasteiger partial charge in [0.2, 0.25) is 11.7 Å². The highest BCUT2D eigenvalue weighted by Gasteiger charge is 2.13. The van der Waals surface area contributed by atoms with E-state index in [9.17, 15) is 9.59 Å². The van der Waals surface area contributed by atoms with Crippen molar-refractivity contribution in [2.45, 2.75) is 6.92 Å². The molecule has 0 saturated heterocycles. The van der Waals surface area contributed by atoms with E-state index in [1.807, 2.05) is 55.5 Å². The van der Waals surface area contributed by atoms with Crippen LogP contribution in [0, 0.1) is 6.92 Å². The molecule has 2 aromatic carbocycles. The molecule has 4 nitrogen and oxygen atoms in total. The maximum absolute atomic E-state index is 12.2. The van der Waals surface area contributed by atoms with Crippen molar-refractivity contribution in [3.05, 3.63) is 65.9 Å². The van der Waals surface area contributed by atoms with Crippen LogP contribution in [0.2, 0.25) is 0 Å². The Kier molecular flexibility index (Phi) is 5.01. The standard InChI is InChI=1S/C19H17NO3S/c1-13-5-4-7-15(9-13)20-19(22)12-24-11-16(21)18-10-14-6-2-3-8-17(14)23-18/h2-10H,11-12H2,1H3,(H,20,22). The Hall–Kier alpha value is -2.53. The number of ketones is 1. The number of aryl methyl sites for hydroxylation is 1. The first-order valence-corrected chi connectivity index (χ1v) is 8.73. The van der Waals surface area contributed by atoms with Gasteiger partial charge in [0.25, 0.3) is 0 Å². The average Bonchev–Trinajstić information content (AvgIpc) is 2.99. The highest BCUT2D eigenvalue weighted by atomic mass is 32.2. The summed E-state index contributed by atoms with van der Waals surface area (Å²) in [5.41, 5.74) is 2.55. The molecule has 3 aromatic rings. The summed E-state index contributed by atoms with van der Waals surface area (Å²) in [6.07, 6.45) is 0. The quantitative estimate of drug-likeness (QED) is 0.680. The average molecular weight is 339 g/mol. The molecule has 5 heteroatoms. The van der Waals surface area contributed by atoms with Crippen LogP contribution in [0.25, 0.3) is 11.0 Å². The van der Waals surface area contributed by atoms with Crippen LogP contribution >= 0.6 is 11.8 Å². The monoisotopic (exact) mass is 339 g/mol. The Morgan fingerprint density at radius 2 is 1.88 bits per heavy atom. The number of nitrogens with one attached hydrogen (secondary N) is 1. The smallest absolute Gasteiger partial charge is 0.234 e. The van der Waals surface area contributed by atoms with E-state index < -0.39 is 0 Å². The number of anilines is 1. The maximum Gasteiger partial charge on any atom is 0.234 e. The molecule has 3 rings (SSSR count). The lowest BCUT2D eigenvalue weighted by Gasteiger charge is -2.05. The highest BCUT2D eigenvalue weighted by molar-refractivity contribution is 8.00. The molecule has 0 bridgehead atoms. The Morgan fingerprint density at radius 1 is 1.04 bits per heavy atom. The van der Waals surface area contributed by atoms with Gasteiger partial charge in [-0.1, -0.05) is 30.3 Å². The second-order valence-corrected chi connectivity index (χ2v) is 6.47. The molecular weight excluding hydrogens is 322 g/mol. The largest absolute Gasteiger partial charge is 0.453 e. The molecule has 24 heavy (non-hydrogen) atoms. The molecule has 0 radical (unpaired) electrons. The third-order valence-corrected chi connectivity index (χ3v) is 4.40. The van der Waals surface area contributed by atoms with Crippen molar-refractivity contribution in [1.82, 2.24) is 0 Å². The summed E-state index contributed by atoms with van der Waals surface area (Å²) in [6, 6.07) is 16.8. The van der Waals surface area contributed by atoms with Gasteiger partial charge in [0.1, 0.15) is 5.58 Å². The Morgan fingerprint density at radius 3 is 2.67 bits per heavy atom. The molecule has 0 fully saturated rings. The van der Waals surface area contributed by atoms with E-state index in [0.29, 0.717) is 11.3 Å². The van der Waals surface area contributed by atoms with Gasteiger partial charge >= 0.3 is 0 Å². The predicted octanol–water partition coefficient (Wildman–Crippen LogP) is 4.30. The van der Waals surface area contributed by atoms with Gasteiger partial charge in [0.05, 0.1) is 11.5 Å². The summed E-state index contributed by atoms with van der Waals surface area (Å²) >= 11 is 1.28. The van der Waals surface area contributed by atoms with Crippen molar-refractivity contribution in [1.29, 1.82) is 0 Å². The summed E-state index contributed by atoms with van der Waals surface area (Å²) in [4.78, 5) is 24.1. The van der Waals surface area contributed by atoms with E-state index in [2.05, 4.69) is 5.32 Å². The molecule has 1 heterocycles. The van der Waals surface area contributed by atoms with Crippen molar-refractivity contribution in [2.75, 3.05) is 16.8 Å². The SMILES string of the molecule is Cc1cccc(NC(=O)CSCC(=O)c2cc3ccccc3o2)c1. The van der Waals surface area contributed by atoms with E-state index in [-0.39, 0.29) is 23.2 Å². The third kappa shape index (κ3) is 4.06. The summed E-state index contributed by atoms with van der Waals surface area (Å²) < 4.78 is 5.53. The van der Waals surface area contributed by atoms with Crippen molar-refractivity contribution in [2.24, 2.45) is 0 Å². The van der Waals surface area contributed by atoms with Crippen molar-refractivity contribution in [3.63, 3.8) is 0 Å². The summed E-state index contributed by atoms with van der Waals surface area (Å²) in [7, 11) is 0. The molecule has 0 unspecified atom stereocenters. The molecule has 1 amide bonds. The lowest BCUT2D eigenvalue weighted by Crippen LogP contribution is -2.15. The number of hydrogen-bond donors (Lipinski definition) is 1. The van der Waals surface area contributed by atoms with Gasteiger partial charge in [-0.05, 0) is 36.8 Å². The van der Waals surface area contributed by atoms with Crippen LogP contribution in [0.3, 0.4) is 0 Å². The molecule has 0 aliphatic heterocycles. The fraction of sp³-hybridized carbons (Fsp3) is 0.158. The van der Waals surface area contributed by atoms with Crippen LogP contribution < -0.4 is 5.32 Å². The number of fused-ring (bicyclic) bond motifs is 1. The van der Waals surface area contributed by atoms with Crippen LogP contribution in [-0.2, 0) is 4.79 Å². The molecular formula is C19H17NO3S. The first kappa shape index (κ1) is 16.3. The Labute approximate surface area is 144 Å². The lowest BCUT2D eigenvalue weighted by molar-refractivity contribution is -0.113. The molecule has 0 spiro atoms. The number of furan rings is 1. The number of rotatable bonds is 6. The molecule has 0 atom stereocenters. The number of para-hydroxylation sites is 1. The topological polar surface area (TPSA) is 59.3 Å². The minimum atomic E-state index is -0.122. The van der Waals surface area contributed by atoms with Gasteiger partial charge in [0, 0.05) is 11.1 Å². The summed E-state index contributed by atoms with van der Waals surface area (Å²) in [5, 5.41) is 3.73. The molecule has 1 N–H and O–H groups in total. The first-order valence-electron chi connectivity index (χ1n) is 7.58. The van der Waals surface area contributed by atoms with E-state index in [1.165, 1.54) is 11.8 Å². The van der Waals surface area contributed by atoms with Crippen LogP contribution in [0.5, 0.6) is 0 Å². The zero-order valence-corrected chi connectivity index (χ0v) is 14.1. The third-order valence-electron chi connectivity index (χ3n) is 3.47.